The molecule has 0 unspecified atom stereocenters. The van der Waals surface area contributed by atoms with Crippen LogP contribution in [0.2, 0.25) is 0 Å². The van der Waals surface area contributed by atoms with Gasteiger partial charge in [0.05, 0.1) is 25.9 Å². The largest absolute Gasteiger partial charge is 0.495 e. The lowest BCUT2D eigenvalue weighted by Gasteiger charge is -2.12. The molecular formula is C21H25N5O2. The van der Waals surface area contributed by atoms with Gasteiger partial charge in [0.15, 0.2) is 5.69 Å². The van der Waals surface area contributed by atoms with Gasteiger partial charge in [-0.05, 0) is 30.5 Å². The average Bonchev–Trinajstić information content (AvgIpc) is 3.11. The maximum atomic E-state index is 12.8. The minimum atomic E-state index is -0.270. The number of pyridine rings is 1. The van der Waals surface area contributed by atoms with Gasteiger partial charge in [0.25, 0.3) is 5.91 Å². The van der Waals surface area contributed by atoms with Crippen molar-refractivity contribution in [3.05, 3.63) is 70.8 Å². The van der Waals surface area contributed by atoms with Crippen LogP contribution in [0.4, 0.5) is 0 Å². The van der Waals surface area contributed by atoms with Crippen LogP contribution < -0.4 is 10.1 Å². The van der Waals surface area contributed by atoms with E-state index in [2.05, 4.69) is 20.6 Å². The van der Waals surface area contributed by atoms with Crippen molar-refractivity contribution in [2.24, 2.45) is 0 Å². The predicted molar refractivity (Wildman–Crippen MR) is 106 cm³/mol. The molecule has 7 nitrogen and oxygen atoms in total. The van der Waals surface area contributed by atoms with Crippen molar-refractivity contribution in [2.45, 2.75) is 39.8 Å². The molecule has 28 heavy (non-hydrogen) atoms. The van der Waals surface area contributed by atoms with Crippen molar-refractivity contribution in [3.63, 3.8) is 0 Å². The number of carbonyl (C=O) groups excluding carboxylic acids is 1. The molecule has 3 aromatic rings. The normalized spacial score (nSPS) is 10.9. The van der Waals surface area contributed by atoms with Crippen molar-refractivity contribution >= 4 is 5.91 Å². The molecule has 0 saturated carbocycles. The van der Waals surface area contributed by atoms with Crippen LogP contribution >= 0.6 is 0 Å². The highest BCUT2D eigenvalue weighted by molar-refractivity contribution is 5.93. The standard InChI is InChI=1S/C21H25N5O2/c1-14(2)20-19(24-25-26(20)13-16-8-6-5-7-9-16)21(27)22-12-17-18(28-4)11-10-15(3)23-17/h5-11,14H,12-13H2,1-4H3,(H,22,27). The summed E-state index contributed by atoms with van der Waals surface area (Å²) in [5.74, 6) is 0.474. The number of benzene rings is 1. The summed E-state index contributed by atoms with van der Waals surface area (Å²) >= 11 is 0. The Bertz CT molecular complexity index is 951. The zero-order chi connectivity index (χ0) is 20.1. The van der Waals surface area contributed by atoms with Crippen LogP contribution in [0.15, 0.2) is 42.5 Å². The Morgan fingerprint density at radius 1 is 1.18 bits per heavy atom. The molecular weight excluding hydrogens is 354 g/mol. The number of methoxy groups -OCH3 is 1. The summed E-state index contributed by atoms with van der Waals surface area (Å²) < 4.78 is 7.12. The highest BCUT2D eigenvalue weighted by Gasteiger charge is 2.22. The van der Waals surface area contributed by atoms with E-state index in [1.54, 1.807) is 11.8 Å². The molecule has 0 aliphatic heterocycles. The van der Waals surface area contributed by atoms with Crippen molar-refractivity contribution in [3.8, 4) is 5.75 Å². The van der Waals surface area contributed by atoms with Crippen molar-refractivity contribution in [1.29, 1.82) is 0 Å². The monoisotopic (exact) mass is 379 g/mol. The van der Waals surface area contributed by atoms with Gasteiger partial charge in [-0.2, -0.15) is 0 Å². The van der Waals surface area contributed by atoms with Gasteiger partial charge >= 0.3 is 0 Å². The molecule has 0 aliphatic carbocycles. The van der Waals surface area contributed by atoms with Crippen LogP contribution in [0.5, 0.6) is 5.75 Å². The van der Waals surface area contributed by atoms with E-state index < -0.39 is 0 Å². The molecule has 0 spiro atoms. The van der Waals surface area contributed by atoms with Crippen molar-refractivity contribution in [2.75, 3.05) is 7.11 Å². The topological polar surface area (TPSA) is 81.9 Å². The first-order valence-corrected chi connectivity index (χ1v) is 9.25. The van der Waals surface area contributed by atoms with E-state index in [0.29, 0.717) is 23.7 Å². The summed E-state index contributed by atoms with van der Waals surface area (Å²) in [6, 6.07) is 13.7. The number of amides is 1. The first kappa shape index (κ1) is 19.5. The third-order valence-corrected chi connectivity index (χ3v) is 4.42. The van der Waals surface area contributed by atoms with E-state index in [0.717, 1.165) is 17.0 Å². The Labute approximate surface area is 164 Å². The summed E-state index contributed by atoms with van der Waals surface area (Å²) in [5.41, 5.74) is 3.80. The van der Waals surface area contributed by atoms with Gasteiger partial charge < -0.3 is 10.1 Å². The second kappa shape index (κ2) is 8.65. The molecule has 2 aromatic heterocycles. The summed E-state index contributed by atoms with van der Waals surface area (Å²) in [6.45, 7) is 6.79. The number of aryl methyl sites for hydroxylation is 1. The molecule has 0 radical (unpaired) electrons. The van der Waals surface area contributed by atoms with Crippen LogP contribution in [0.1, 0.15) is 52.9 Å². The summed E-state index contributed by atoms with van der Waals surface area (Å²) in [5, 5.41) is 11.3. The quantitative estimate of drug-likeness (QED) is 0.682. The maximum Gasteiger partial charge on any atom is 0.274 e. The van der Waals surface area contributed by atoms with Crippen LogP contribution in [0, 0.1) is 6.92 Å². The highest BCUT2D eigenvalue weighted by Crippen LogP contribution is 2.20. The molecule has 0 aliphatic rings. The van der Waals surface area contributed by atoms with E-state index in [4.69, 9.17) is 4.74 Å². The molecule has 1 N–H and O–H groups in total. The lowest BCUT2D eigenvalue weighted by Crippen LogP contribution is -2.26. The van der Waals surface area contributed by atoms with E-state index in [9.17, 15) is 4.79 Å². The molecule has 3 rings (SSSR count). The number of nitrogens with zero attached hydrogens (tertiary/aromatic N) is 4. The molecule has 1 amide bonds. The number of carbonyl (C=O) groups is 1. The summed E-state index contributed by atoms with van der Waals surface area (Å²) in [7, 11) is 1.59. The van der Waals surface area contributed by atoms with E-state index in [-0.39, 0.29) is 18.4 Å². The summed E-state index contributed by atoms with van der Waals surface area (Å²) in [4.78, 5) is 17.2. The molecule has 0 saturated heterocycles. The number of nitrogens with one attached hydrogen (secondary N) is 1. The van der Waals surface area contributed by atoms with E-state index in [1.807, 2.05) is 63.2 Å². The Morgan fingerprint density at radius 2 is 1.93 bits per heavy atom. The van der Waals surface area contributed by atoms with Crippen molar-refractivity contribution < 1.29 is 9.53 Å². The smallest absolute Gasteiger partial charge is 0.274 e. The SMILES string of the molecule is COc1ccc(C)nc1CNC(=O)c1nnn(Cc2ccccc2)c1C(C)C. The van der Waals surface area contributed by atoms with Gasteiger partial charge in [-0.3, -0.25) is 9.78 Å². The van der Waals surface area contributed by atoms with Gasteiger partial charge in [0, 0.05) is 5.69 Å². The number of hydrogen-bond acceptors (Lipinski definition) is 5. The molecule has 2 heterocycles. The fourth-order valence-corrected chi connectivity index (χ4v) is 3.08. The van der Waals surface area contributed by atoms with Gasteiger partial charge in [0.2, 0.25) is 0 Å². The fourth-order valence-electron chi connectivity index (χ4n) is 3.08. The zero-order valence-electron chi connectivity index (χ0n) is 16.6. The highest BCUT2D eigenvalue weighted by atomic mass is 16.5. The van der Waals surface area contributed by atoms with Gasteiger partial charge in [-0.15, -0.1) is 5.10 Å². The Hall–Kier alpha value is -3.22. The van der Waals surface area contributed by atoms with Crippen LogP contribution in [0.25, 0.3) is 0 Å². The number of rotatable bonds is 7. The minimum Gasteiger partial charge on any atom is -0.495 e. The van der Waals surface area contributed by atoms with Crippen molar-refractivity contribution in [1.82, 2.24) is 25.3 Å². The van der Waals surface area contributed by atoms with Crippen LogP contribution in [-0.4, -0.2) is 33.0 Å². The molecule has 1 aromatic carbocycles. The maximum absolute atomic E-state index is 12.8. The van der Waals surface area contributed by atoms with Crippen LogP contribution in [-0.2, 0) is 13.1 Å². The molecule has 7 heteroatoms. The Morgan fingerprint density at radius 3 is 2.61 bits per heavy atom. The van der Waals surface area contributed by atoms with Crippen LogP contribution in [0.3, 0.4) is 0 Å². The number of hydrogen-bond donors (Lipinski definition) is 1. The van der Waals surface area contributed by atoms with E-state index >= 15 is 0 Å². The molecule has 0 atom stereocenters. The first-order valence-electron chi connectivity index (χ1n) is 9.25. The average molecular weight is 379 g/mol. The molecule has 0 fully saturated rings. The van der Waals surface area contributed by atoms with Gasteiger partial charge in [-0.1, -0.05) is 49.4 Å². The van der Waals surface area contributed by atoms with Gasteiger partial charge in [-0.25, -0.2) is 4.68 Å². The second-order valence-corrected chi connectivity index (χ2v) is 6.91. The third-order valence-electron chi connectivity index (χ3n) is 4.42. The number of ether oxygens (including phenoxy) is 1. The van der Waals surface area contributed by atoms with Gasteiger partial charge in [0.1, 0.15) is 11.4 Å². The minimum absolute atomic E-state index is 0.103. The number of aromatic nitrogens is 4. The lowest BCUT2D eigenvalue weighted by molar-refractivity contribution is 0.0943. The Kier molecular flexibility index (Phi) is 6.03. The zero-order valence-corrected chi connectivity index (χ0v) is 16.6. The second-order valence-electron chi connectivity index (χ2n) is 6.91. The Balaban J connectivity index is 1.79. The van der Waals surface area contributed by atoms with E-state index in [1.165, 1.54) is 0 Å². The fraction of sp³-hybridized carbons (Fsp3) is 0.333. The molecule has 146 valence electrons. The summed E-state index contributed by atoms with van der Waals surface area (Å²) in [6.07, 6.45) is 0. The predicted octanol–water partition coefficient (Wildman–Crippen LogP) is 3.09. The third kappa shape index (κ3) is 4.36. The lowest BCUT2D eigenvalue weighted by atomic mass is 10.1. The molecule has 0 bridgehead atoms. The first-order chi connectivity index (χ1) is 13.5.